The van der Waals surface area contributed by atoms with Crippen LogP contribution in [-0.4, -0.2) is 9.52 Å². The van der Waals surface area contributed by atoms with Gasteiger partial charge < -0.3 is 0 Å². The second-order valence-corrected chi connectivity index (χ2v) is 20.6. The summed E-state index contributed by atoms with van der Waals surface area (Å²) in [4.78, 5) is 0. The maximum Gasteiger partial charge on any atom is 0.0920 e. The van der Waals surface area contributed by atoms with Gasteiger partial charge in [-0.2, -0.15) is 41.6 Å². The van der Waals surface area contributed by atoms with Crippen LogP contribution in [0.15, 0.2) is 152 Å². The van der Waals surface area contributed by atoms with Crippen LogP contribution in [0.25, 0.3) is 54.9 Å². The summed E-state index contributed by atoms with van der Waals surface area (Å²) in [7, 11) is 10.7. The van der Waals surface area contributed by atoms with E-state index in [9.17, 15) is 0 Å². The van der Waals surface area contributed by atoms with E-state index in [1.165, 1.54) is 139 Å². The molecule has 0 spiro atoms. The fourth-order valence-corrected chi connectivity index (χ4v) is 9.71. The van der Waals surface area contributed by atoms with E-state index in [0.29, 0.717) is 0 Å². The van der Waals surface area contributed by atoms with Crippen molar-refractivity contribution in [1.82, 2.24) is 0 Å². The molecule has 1 heterocycles. The standard InChI is InChI=1S/2C22H25.C12H7Si.2ClH.Zr/c2*1-3-5-10-17-15-20-14-13-18(9-4-2)22(21(20)16-17)19-11-7-6-8-12-19;1-3-7-11-9(5-1)10-6-2-4-8-12(10)13-11;;;/h2*6-8,11-16H,3-5,9-10H2,1-2H3;1-7H;2*1H;/q3*-1;;;+2/p-2. The van der Waals surface area contributed by atoms with Crippen molar-refractivity contribution in [2.45, 2.75) is 91.9 Å². The van der Waals surface area contributed by atoms with Crippen molar-refractivity contribution in [2.75, 3.05) is 0 Å². The molecule has 4 heteroatoms. The second kappa shape index (κ2) is 24.0. The van der Waals surface area contributed by atoms with E-state index in [1.807, 2.05) is 6.07 Å². The molecule has 2 radical (unpaired) electrons. The Morgan fingerprint density at radius 3 is 1.47 bits per heavy atom. The van der Waals surface area contributed by atoms with E-state index in [0.717, 1.165) is 22.4 Å². The van der Waals surface area contributed by atoms with E-state index < -0.39 is 20.8 Å². The number of rotatable bonds is 12. The molecule has 0 bridgehead atoms. The quantitative estimate of drug-likeness (QED) is 0.0846. The van der Waals surface area contributed by atoms with Gasteiger partial charge in [-0.1, -0.05) is 184 Å². The summed E-state index contributed by atoms with van der Waals surface area (Å²) in [6.45, 7) is 9.04. The summed E-state index contributed by atoms with van der Waals surface area (Å²) < 4.78 is 0. The number of benzene rings is 6. The van der Waals surface area contributed by atoms with Crippen LogP contribution in [0.3, 0.4) is 0 Å². The smallest absolute Gasteiger partial charge is 0.0920 e. The predicted molar refractivity (Wildman–Crippen MR) is 263 cm³/mol. The van der Waals surface area contributed by atoms with Crippen LogP contribution < -0.4 is 10.4 Å². The molecular weight excluding hydrogens is 863 g/mol. The van der Waals surface area contributed by atoms with Gasteiger partial charge in [0.05, 0.1) is 9.52 Å². The van der Waals surface area contributed by atoms with Crippen LogP contribution in [0, 0.1) is 6.07 Å². The maximum absolute atomic E-state index is 4.93. The molecule has 0 saturated heterocycles. The zero-order valence-electron chi connectivity index (χ0n) is 35.8. The van der Waals surface area contributed by atoms with E-state index in [1.54, 1.807) is 0 Å². The van der Waals surface area contributed by atoms with Crippen LogP contribution in [0.5, 0.6) is 0 Å². The molecule has 60 heavy (non-hydrogen) atoms. The molecule has 8 aromatic carbocycles. The van der Waals surface area contributed by atoms with Gasteiger partial charge in [-0.3, -0.25) is 0 Å². The third kappa shape index (κ3) is 11.8. The summed E-state index contributed by atoms with van der Waals surface area (Å²) in [5.74, 6) is 0. The van der Waals surface area contributed by atoms with Crippen LogP contribution in [0.4, 0.5) is 0 Å². The topological polar surface area (TPSA) is 0 Å². The molecule has 0 amide bonds. The summed E-state index contributed by atoms with van der Waals surface area (Å²) in [5.41, 5.74) is 14.3. The number of unbranched alkanes of at least 4 members (excludes halogenated alkanes) is 2. The van der Waals surface area contributed by atoms with Crippen molar-refractivity contribution in [3.05, 3.63) is 180 Å². The first-order chi connectivity index (χ1) is 29.5. The fraction of sp³-hybridized carbons (Fsp3) is 0.250. The van der Waals surface area contributed by atoms with Gasteiger partial charge in [-0.15, -0.1) is 74.6 Å². The van der Waals surface area contributed by atoms with Gasteiger partial charge in [0.25, 0.3) is 0 Å². The van der Waals surface area contributed by atoms with Crippen molar-refractivity contribution >= 4 is 58.5 Å². The van der Waals surface area contributed by atoms with E-state index in [2.05, 4.69) is 179 Å². The van der Waals surface area contributed by atoms with Crippen molar-refractivity contribution in [2.24, 2.45) is 0 Å². The summed E-state index contributed by atoms with van der Waals surface area (Å²) in [6.07, 6.45) is 12.1. The molecule has 0 nitrogen and oxygen atoms in total. The Labute approximate surface area is 381 Å². The van der Waals surface area contributed by atoms with E-state index in [-0.39, 0.29) is 0 Å². The zero-order chi connectivity index (χ0) is 42.1. The Bertz CT molecular complexity index is 2340. The largest absolute Gasteiger partial charge is 0.184 e. The SMILES string of the molecule is CCCCc1cc2c(-c3ccccc3)c(CCC)ccc2[cH-]1.CCCCc1cc2c(-c3ccccc3)c(CCC)ccc2[cH-]1.[Cl][Zr][Cl].[c-]1cccc2c1[Si]c1ccccc1-2. The van der Waals surface area contributed by atoms with E-state index in [4.69, 9.17) is 17.0 Å². The molecule has 1 aliphatic rings. The van der Waals surface area contributed by atoms with Crippen LogP contribution >= 0.6 is 17.0 Å². The molecule has 8 aromatic rings. The summed E-state index contributed by atoms with van der Waals surface area (Å²) >= 11 is -0.826. The Hall–Kier alpha value is -3.78. The van der Waals surface area contributed by atoms with Gasteiger partial charge in [0.1, 0.15) is 0 Å². The Morgan fingerprint density at radius 1 is 0.517 bits per heavy atom. The zero-order valence-corrected chi connectivity index (χ0v) is 40.7. The average Bonchev–Trinajstić information content (AvgIpc) is 4.01. The minimum absolute atomic E-state index is 0.795. The van der Waals surface area contributed by atoms with Gasteiger partial charge >= 0.3 is 37.9 Å². The number of hydrogen-bond acceptors (Lipinski definition) is 0. The van der Waals surface area contributed by atoms with Crippen molar-refractivity contribution in [1.29, 1.82) is 0 Å². The molecule has 0 atom stereocenters. The van der Waals surface area contributed by atoms with Gasteiger partial charge in [-0.05, 0) is 36.8 Å². The van der Waals surface area contributed by atoms with Gasteiger partial charge in [-0.25, -0.2) is 0 Å². The van der Waals surface area contributed by atoms with Crippen molar-refractivity contribution in [3.8, 4) is 33.4 Å². The molecule has 1 aliphatic heterocycles. The molecule has 0 unspecified atom stereocenters. The third-order valence-electron chi connectivity index (χ3n) is 11.2. The van der Waals surface area contributed by atoms with Crippen LogP contribution in [0.2, 0.25) is 0 Å². The Morgan fingerprint density at radius 2 is 0.983 bits per heavy atom. The molecule has 306 valence electrons. The molecule has 0 saturated carbocycles. The Balaban J connectivity index is 0.000000150. The predicted octanol–water partition coefficient (Wildman–Crippen LogP) is 15.5. The van der Waals surface area contributed by atoms with Crippen LogP contribution in [-0.2, 0) is 46.5 Å². The number of aryl methyl sites for hydroxylation is 4. The molecule has 0 fully saturated rings. The first-order valence-electron chi connectivity index (χ1n) is 21.9. The molecule has 9 rings (SSSR count). The third-order valence-corrected chi connectivity index (χ3v) is 12.6. The Kier molecular flexibility index (Phi) is 18.3. The first-order valence-corrected chi connectivity index (χ1v) is 29.2. The molecule has 0 N–H and O–H groups in total. The van der Waals surface area contributed by atoms with Crippen molar-refractivity contribution in [3.63, 3.8) is 0 Å². The minimum atomic E-state index is -0.826. The molecular formula is C56H57Cl2SiZr-3. The number of halogens is 2. The monoisotopic (exact) mass is 917 g/mol. The summed E-state index contributed by atoms with van der Waals surface area (Å²) in [6, 6.07) is 58.8. The minimum Gasteiger partial charge on any atom is -0.184 e. The first kappa shape index (κ1) is 45.7. The maximum atomic E-state index is 4.93. The van der Waals surface area contributed by atoms with E-state index >= 15 is 0 Å². The molecule has 0 aliphatic carbocycles. The van der Waals surface area contributed by atoms with Crippen molar-refractivity contribution < 1.29 is 20.8 Å². The van der Waals surface area contributed by atoms with Gasteiger partial charge in [0.15, 0.2) is 0 Å². The van der Waals surface area contributed by atoms with Crippen LogP contribution in [0.1, 0.15) is 88.5 Å². The second-order valence-electron chi connectivity index (χ2n) is 15.6. The fourth-order valence-electron chi connectivity index (χ4n) is 8.40. The summed E-state index contributed by atoms with van der Waals surface area (Å²) in [5, 5.41) is 8.48. The van der Waals surface area contributed by atoms with Gasteiger partial charge in [0.2, 0.25) is 0 Å². The number of fused-ring (bicyclic) bond motifs is 5. The normalized spacial score (nSPS) is 11.1. The number of hydrogen-bond donors (Lipinski definition) is 0. The average molecular weight is 920 g/mol. The molecule has 0 aromatic heterocycles. The van der Waals surface area contributed by atoms with Gasteiger partial charge in [0, 0.05) is 0 Å².